The van der Waals surface area contributed by atoms with Crippen molar-refractivity contribution in [2.75, 3.05) is 0 Å². The van der Waals surface area contributed by atoms with Gasteiger partial charge in [0.2, 0.25) is 0 Å². The van der Waals surface area contributed by atoms with Gasteiger partial charge in [-0.05, 0) is 24.1 Å². The van der Waals surface area contributed by atoms with Crippen LogP contribution in [0.25, 0.3) is 11.3 Å². The van der Waals surface area contributed by atoms with E-state index in [9.17, 15) is 0 Å². The van der Waals surface area contributed by atoms with E-state index in [0.29, 0.717) is 0 Å². The van der Waals surface area contributed by atoms with Gasteiger partial charge in [0.05, 0.1) is 11.9 Å². The molecule has 1 aliphatic rings. The van der Waals surface area contributed by atoms with Crippen LogP contribution in [0.1, 0.15) is 43.2 Å². The van der Waals surface area contributed by atoms with E-state index in [1.165, 1.54) is 22.7 Å². The van der Waals surface area contributed by atoms with Gasteiger partial charge in [-0.25, -0.2) is 9.97 Å². The largest absolute Gasteiger partial charge is 0.328 e. The minimum absolute atomic E-state index is 0.929. The maximum Gasteiger partial charge on any atom is 0.112 e. The molecule has 24 heavy (non-hydrogen) atoms. The van der Waals surface area contributed by atoms with E-state index in [2.05, 4.69) is 63.3 Å². The van der Waals surface area contributed by atoms with Gasteiger partial charge in [0.1, 0.15) is 11.6 Å². The van der Waals surface area contributed by atoms with Gasteiger partial charge in [0.25, 0.3) is 0 Å². The lowest BCUT2D eigenvalue weighted by atomic mass is 9.99. The summed E-state index contributed by atoms with van der Waals surface area (Å²) in [6, 6.07) is 8.75. The number of nitrogens with zero attached hydrogens (tertiary/aromatic N) is 4. The Balaban J connectivity index is 1.69. The highest BCUT2D eigenvalue weighted by atomic mass is 15.1. The van der Waals surface area contributed by atoms with Gasteiger partial charge in [-0.1, -0.05) is 32.1 Å². The standard InChI is InChI=1S/C20H22N4/c1-3-19-21-11-13-23(19)16-9-7-15(8-10-16)17-6-5-12-24-18(17)14-22-20(24)4-2/h6-11,13-14H,3-5,12H2,1-2H3. The number of rotatable bonds is 4. The molecular weight excluding hydrogens is 296 g/mol. The number of benzene rings is 1. The Kier molecular flexibility index (Phi) is 3.81. The first-order valence-corrected chi connectivity index (χ1v) is 8.69. The second kappa shape index (κ2) is 6.11. The molecule has 0 aliphatic carbocycles. The zero-order valence-corrected chi connectivity index (χ0v) is 14.2. The van der Waals surface area contributed by atoms with Crippen LogP contribution in [-0.4, -0.2) is 19.1 Å². The summed E-state index contributed by atoms with van der Waals surface area (Å²) >= 11 is 0. The maximum absolute atomic E-state index is 4.58. The molecule has 0 fully saturated rings. The molecule has 0 spiro atoms. The van der Waals surface area contributed by atoms with Crippen molar-refractivity contribution >= 4 is 5.57 Å². The third-order valence-corrected chi connectivity index (χ3v) is 4.72. The Morgan fingerprint density at radius 1 is 1.00 bits per heavy atom. The summed E-state index contributed by atoms with van der Waals surface area (Å²) in [6.45, 7) is 5.33. The molecule has 3 aromatic rings. The van der Waals surface area contributed by atoms with E-state index >= 15 is 0 Å². The molecule has 4 heteroatoms. The molecule has 1 aliphatic heterocycles. The van der Waals surface area contributed by atoms with Crippen molar-refractivity contribution in [3.8, 4) is 5.69 Å². The summed E-state index contributed by atoms with van der Waals surface area (Å²) in [5.74, 6) is 2.27. The predicted octanol–water partition coefficient (Wildman–Crippen LogP) is 4.03. The first kappa shape index (κ1) is 14.9. The highest BCUT2D eigenvalue weighted by Gasteiger charge is 2.17. The molecule has 3 heterocycles. The average molecular weight is 318 g/mol. The van der Waals surface area contributed by atoms with Crippen molar-refractivity contribution in [2.24, 2.45) is 0 Å². The van der Waals surface area contributed by atoms with E-state index in [1.807, 2.05) is 18.6 Å². The van der Waals surface area contributed by atoms with Crippen molar-refractivity contribution in [1.82, 2.24) is 19.1 Å². The molecule has 0 atom stereocenters. The molecule has 0 saturated heterocycles. The Hall–Kier alpha value is -2.62. The lowest BCUT2D eigenvalue weighted by molar-refractivity contribution is 0.649. The van der Waals surface area contributed by atoms with Crippen LogP contribution in [0.15, 0.2) is 48.9 Å². The van der Waals surface area contributed by atoms with Crippen molar-refractivity contribution in [2.45, 2.75) is 39.7 Å². The zero-order chi connectivity index (χ0) is 16.5. The minimum Gasteiger partial charge on any atom is -0.328 e. The Morgan fingerprint density at radius 3 is 2.54 bits per heavy atom. The first-order valence-electron chi connectivity index (χ1n) is 8.69. The fraction of sp³-hybridized carbons (Fsp3) is 0.300. The molecule has 4 rings (SSSR count). The van der Waals surface area contributed by atoms with Crippen molar-refractivity contribution in [3.05, 3.63) is 71.8 Å². The van der Waals surface area contributed by atoms with Crippen molar-refractivity contribution < 1.29 is 0 Å². The molecule has 4 nitrogen and oxygen atoms in total. The summed E-state index contributed by atoms with van der Waals surface area (Å²) in [5.41, 5.74) is 4.94. The second-order valence-corrected chi connectivity index (χ2v) is 6.09. The van der Waals surface area contributed by atoms with Crippen molar-refractivity contribution in [3.63, 3.8) is 0 Å². The number of hydrogen-bond acceptors (Lipinski definition) is 2. The SMILES string of the molecule is CCc1nccn1-c1ccc(C2=CCCn3c2cnc3CC)cc1. The minimum atomic E-state index is 0.929. The van der Waals surface area contributed by atoms with Gasteiger partial charge in [-0.15, -0.1) is 0 Å². The first-order chi connectivity index (χ1) is 11.8. The molecule has 122 valence electrons. The van der Waals surface area contributed by atoms with Gasteiger partial charge in [-0.3, -0.25) is 0 Å². The van der Waals surface area contributed by atoms with E-state index in [1.54, 1.807) is 0 Å². The number of aromatic nitrogens is 4. The maximum atomic E-state index is 4.58. The third-order valence-electron chi connectivity index (χ3n) is 4.72. The molecule has 0 N–H and O–H groups in total. The quantitative estimate of drug-likeness (QED) is 0.728. The van der Waals surface area contributed by atoms with Gasteiger partial charge in [0, 0.05) is 43.0 Å². The van der Waals surface area contributed by atoms with Crippen LogP contribution in [0.2, 0.25) is 0 Å². The fourth-order valence-corrected chi connectivity index (χ4v) is 3.50. The van der Waals surface area contributed by atoms with Gasteiger partial charge in [0.15, 0.2) is 0 Å². The predicted molar refractivity (Wildman–Crippen MR) is 96.2 cm³/mol. The summed E-state index contributed by atoms with van der Waals surface area (Å²) in [4.78, 5) is 8.99. The molecule has 0 amide bonds. The lowest BCUT2D eigenvalue weighted by Crippen LogP contribution is -2.10. The van der Waals surface area contributed by atoms with E-state index in [-0.39, 0.29) is 0 Å². The van der Waals surface area contributed by atoms with E-state index in [0.717, 1.165) is 37.3 Å². The molecule has 0 unspecified atom stereocenters. The molecule has 1 aromatic carbocycles. The lowest BCUT2D eigenvalue weighted by Gasteiger charge is -2.18. The van der Waals surface area contributed by atoms with Crippen LogP contribution >= 0.6 is 0 Å². The molecule has 2 aromatic heterocycles. The normalized spacial score (nSPS) is 13.7. The highest BCUT2D eigenvalue weighted by Crippen LogP contribution is 2.29. The number of allylic oxidation sites excluding steroid dienone is 1. The van der Waals surface area contributed by atoms with Crippen molar-refractivity contribution in [1.29, 1.82) is 0 Å². The van der Waals surface area contributed by atoms with Crippen LogP contribution in [0.5, 0.6) is 0 Å². The zero-order valence-electron chi connectivity index (χ0n) is 14.2. The Morgan fingerprint density at radius 2 is 1.79 bits per heavy atom. The number of hydrogen-bond donors (Lipinski definition) is 0. The van der Waals surface area contributed by atoms with Crippen LogP contribution in [-0.2, 0) is 19.4 Å². The highest BCUT2D eigenvalue weighted by molar-refractivity contribution is 5.79. The second-order valence-electron chi connectivity index (χ2n) is 6.09. The number of fused-ring (bicyclic) bond motifs is 1. The molecule has 0 bridgehead atoms. The fourth-order valence-electron chi connectivity index (χ4n) is 3.50. The molecule has 0 radical (unpaired) electrons. The average Bonchev–Trinajstić information content (AvgIpc) is 3.28. The summed E-state index contributed by atoms with van der Waals surface area (Å²) in [7, 11) is 0. The van der Waals surface area contributed by atoms with E-state index < -0.39 is 0 Å². The summed E-state index contributed by atoms with van der Waals surface area (Å²) in [5, 5.41) is 0. The molecule has 0 saturated carbocycles. The van der Waals surface area contributed by atoms with Gasteiger partial charge >= 0.3 is 0 Å². The smallest absolute Gasteiger partial charge is 0.112 e. The monoisotopic (exact) mass is 318 g/mol. The third kappa shape index (κ3) is 2.39. The number of aryl methyl sites for hydroxylation is 2. The Labute approximate surface area is 142 Å². The summed E-state index contributed by atoms with van der Waals surface area (Å²) in [6.07, 6.45) is 11.2. The number of imidazole rings is 2. The van der Waals surface area contributed by atoms with Crippen LogP contribution < -0.4 is 0 Å². The van der Waals surface area contributed by atoms with Crippen LogP contribution in [0.3, 0.4) is 0 Å². The topological polar surface area (TPSA) is 35.6 Å². The van der Waals surface area contributed by atoms with Gasteiger partial charge < -0.3 is 9.13 Å². The Bertz CT molecular complexity index is 881. The van der Waals surface area contributed by atoms with Gasteiger partial charge in [-0.2, -0.15) is 0 Å². The molecular formula is C20H22N4. The van der Waals surface area contributed by atoms with Crippen LogP contribution in [0, 0.1) is 0 Å². The summed E-state index contributed by atoms with van der Waals surface area (Å²) < 4.78 is 4.51. The van der Waals surface area contributed by atoms with E-state index in [4.69, 9.17) is 0 Å². The van der Waals surface area contributed by atoms with Crippen LogP contribution in [0.4, 0.5) is 0 Å².